The highest BCUT2D eigenvalue weighted by molar-refractivity contribution is 7.92. The minimum Gasteiger partial charge on any atom is -0.492 e. The smallest absolute Gasteiger partial charge is 0.264 e. The zero-order valence-electron chi connectivity index (χ0n) is 25.6. The lowest BCUT2D eigenvalue weighted by Crippen LogP contribution is -2.53. The summed E-state index contributed by atoms with van der Waals surface area (Å²) in [5.41, 5.74) is 3.10. The number of carbonyl (C=O) groups excluding carboxylic acids is 2. The lowest BCUT2D eigenvalue weighted by atomic mass is 9.95. The third kappa shape index (κ3) is 8.16. The maximum atomic E-state index is 14.2. The topological polar surface area (TPSA) is 96.0 Å². The molecular formula is C34H43N3O5S. The van der Waals surface area contributed by atoms with Crippen LogP contribution >= 0.6 is 0 Å². The van der Waals surface area contributed by atoms with E-state index in [0.29, 0.717) is 12.4 Å². The SMILES string of the molecule is CCOc1ccccc1N(CC(=O)N(Cc1ccc(C)cc1)[C@@H](C)C(=O)NC1CCCCC1)S(=O)(=O)c1ccc(C)cc1. The monoisotopic (exact) mass is 605 g/mol. The molecule has 1 fully saturated rings. The molecule has 1 aliphatic rings. The maximum Gasteiger partial charge on any atom is 0.264 e. The van der Waals surface area contributed by atoms with Crippen molar-refractivity contribution in [2.45, 2.75) is 83.3 Å². The minimum absolute atomic E-state index is 0.0605. The molecule has 0 saturated heterocycles. The van der Waals surface area contributed by atoms with Crippen molar-refractivity contribution in [2.75, 3.05) is 17.5 Å². The number of aryl methyl sites for hydroxylation is 2. The standard InChI is InChI=1S/C34H43N3O5S/c1-5-42-32-14-10-9-13-31(32)37(43(40,41)30-21-17-26(3)18-22-30)24-33(38)36(23-28-19-15-25(2)16-20-28)27(4)34(39)35-29-11-7-6-8-12-29/h9-10,13-22,27,29H,5-8,11-12,23-24H2,1-4H3,(H,35,39)/t27-/m0/s1. The lowest BCUT2D eigenvalue weighted by Gasteiger charge is -2.33. The summed E-state index contributed by atoms with van der Waals surface area (Å²) < 4.78 is 35.2. The number of nitrogens with one attached hydrogen (secondary N) is 1. The van der Waals surface area contributed by atoms with Crippen LogP contribution in [0.4, 0.5) is 5.69 Å². The average molecular weight is 606 g/mol. The average Bonchev–Trinajstić information content (AvgIpc) is 3.00. The second-order valence-electron chi connectivity index (χ2n) is 11.3. The van der Waals surface area contributed by atoms with Crippen LogP contribution in [-0.4, -0.2) is 50.4 Å². The highest BCUT2D eigenvalue weighted by Crippen LogP contribution is 2.33. The fourth-order valence-electron chi connectivity index (χ4n) is 5.33. The molecule has 0 unspecified atom stereocenters. The fourth-order valence-corrected chi connectivity index (χ4v) is 6.76. The summed E-state index contributed by atoms with van der Waals surface area (Å²) in [7, 11) is -4.18. The third-order valence-corrected chi connectivity index (χ3v) is 9.69. The summed E-state index contributed by atoms with van der Waals surface area (Å²) in [6, 6.07) is 20.3. The van der Waals surface area contributed by atoms with Gasteiger partial charge in [0.25, 0.3) is 10.0 Å². The molecule has 2 amide bonds. The molecule has 43 heavy (non-hydrogen) atoms. The van der Waals surface area contributed by atoms with Gasteiger partial charge in [0.2, 0.25) is 11.8 Å². The quantitative estimate of drug-likeness (QED) is 0.283. The number of benzene rings is 3. The van der Waals surface area contributed by atoms with Crippen molar-refractivity contribution in [3.63, 3.8) is 0 Å². The van der Waals surface area contributed by atoms with Crippen molar-refractivity contribution in [3.05, 3.63) is 89.5 Å². The van der Waals surface area contributed by atoms with Crippen LogP contribution in [0, 0.1) is 13.8 Å². The first-order chi connectivity index (χ1) is 20.6. The van der Waals surface area contributed by atoms with Gasteiger partial charge >= 0.3 is 0 Å². The van der Waals surface area contributed by atoms with E-state index in [4.69, 9.17) is 4.74 Å². The van der Waals surface area contributed by atoms with Crippen LogP contribution in [0.1, 0.15) is 62.6 Å². The van der Waals surface area contributed by atoms with Gasteiger partial charge in [0.05, 0.1) is 17.2 Å². The second kappa shape index (κ2) is 14.6. The predicted molar refractivity (Wildman–Crippen MR) is 170 cm³/mol. The largest absolute Gasteiger partial charge is 0.492 e. The highest BCUT2D eigenvalue weighted by Gasteiger charge is 2.34. The van der Waals surface area contributed by atoms with E-state index < -0.39 is 28.5 Å². The Kier molecular flexibility index (Phi) is 10.9. The molecule has 0 aromatic heterocycles. The minimum atomic E-state index is -4.18. The van der Waals surface area contributed by atoms with Gasteiger partial charge in [-0.1, -0.05) is 78.9 Å². The van der Waals surface area contributed by atoms with Crippen molar-refractivity contribution in [2.24, 2.45) is 0 Å². The molecule has 230 valence electrons. The van der Waals surface area contributed by atoms with Gasteiger partial charge in [-0.2, -0.15) is 0 Å². The van der Waals surface area contributed by atoms with Gasteiger partial charge in [0.1, 0.15) is 18.3 Å². The van der Waals surface area contributed by atoms with E-state index in [0.717, 1.165) is 53.1 Å². The number of rotatable bonds is 12. The van der Waals surface area contributed by atoms with Gasteiger partial charge in [-0.3, -0.25) is 13.9 Å². The van der Waals surface area contributed by atoms with E-state index >= 15 is 0 Å². The van der Waals surface area contributed by atoms with E-state index in [1.165, 1.54) is 17.0 Å². The van der Waals surface area contributed by atoms with Crippen molar-refractivity contribution >= 4 is 27.5 Å². The van der Waals surface area contributed by atoms with Gasteiger partial charge in [0.15, 0.2) is 0 Å². The summed E-state index contributed by atoms with van der Waals surface area (Å²) >= 11 is 0. The van der Waals surface area contributed by atoms with Crippen molar-refractivity contribution in [1.82, 2.24) is 10.2 Å². The van der Waals surface area contributed by atoms with Gasteiger partial charge < -0.3 is 15.0 Å². The first kappa shape index (κ1) is 32.1. The molecule has 0 radical (unpaired) electrons. The Morgan fingerprint density at radius 3 is 2.14 bits per heavy atom. The Balaban J connectivity index is 1.71. The van der Waals surface area contributed by atoms with Crippen molar-refractivity contribution in [3.8, 4) is 5.75 Å². The molecule has 4 rings (SSSR count). The van der Waals surface area contributed by atoms with Crippen molar-refractivity contribution in [1.29, 1.82) is 0 Å². The number of hydrogen-bond donors (Lipinski definition) is 1. The number of amides is 2. The zero-order chi connectivity index (χ0) is 31.0. The van der Waals surface area contributed by atoms with Crippen LogP contribution < -0.4 is 14.4 Å². The van der Waals surface area contributed by atoms with Crippen LogP contribution in [-0.2, 0) is 26.2 Å². The van der Waals surface area contributed by atoms with Crippen molar-refractivity contribution < 1.29 is 22.7 Å². The Morgan fingerprint density at radius 1 is 0.907 bits per heavy atom. The molecule has 1 N–H and O–H groups in total. The molecule has 1 saturated carbocycles. The molecule has 3 aromatic carbocycles. The Labute approximate surface area is 256 Å². The second-order valence-corrected chi connectivity index (χ2v) is 13.1. The Morgan fingerprint density at radius 2 is 1.51 bits per heavy atom. The fraction of sp³-hybridized carbons (Fsp3) is 0.412. The summed E-state index contributed by atoms with van der Waals surface area (Å²) in [5.74, 6) is -0.384. The molecule has 0 heterocycles. The van der Waals surface area contributed by atoms with Gasteiger partial charge in [0, 0.05) is 12.6 Å². The molecular weight excluding hydrogens is 562 g/mol. The first-order valence-corrected chi connectivity index (χ1v) is 16.5. The molecule has 9 heteroatoms. The lowest BCUT2D eigenvalue weighted by molar-refractivity contribution is -0.139. The third-order valence-electron chi connectivity index (χ3n) is 7.91. The van der Waals surface area contributed by atoms with E-state index in [1.54, 1.807) is 43.3 Å². The normalized spacial score (nSPS) is 14.5. The van der Waals surface area contributed by atoms with Gasteiger partial charge in [-0.25, -0.2) is 8.42 Å². The molecule has 8 nitrogen and oxygen atoms in total. The van der Waals surface area contributed by atoms with E-state index in [1.807, 2.05) is 45.0 Å². The zero-order valence-corrected chi connectivity index (χ0v) is 26.4. The molecule has 1 atom stereocenters. The Bertz CT molecular complexity index is 1480. The van der Waals surface area contributed by atoms with Crippen LogP contribution in [0.3, 0.4) is 0 Å². The number of hydrogen-bond acceptors (Lipinski definition) is 5. The van der Waals surface area contributed by atoms with Crippen LogP contribution in [0.2, 0.25) is 0 Å². The summed E-state index contributed by atoms with van der Waals surface area (Å²) in [5, 5.41) is 3.14. The summed E-state index contributed by atoms with van der Waals surface area (Å²) in [6.07, 6.45) is 5.13. The van der Waals surface area contributed by atoms with Crippen LogP contribution in [0.5, 0.6) is 5.75 Å². The number of anilines is 1. The van der Waals surface area contributed by atoms with Gasteiger partial charge in [-0.15, -0.1) is 0 Å². The van der Waals surface area contributed by atoms with E-state index in [2.05, 4.69) is 5.32 Å². The molecule has 1 aliphatic carbocycles. The molecule has 0 aliphatic heterocycles. The number of para-hydroxylation sites is 2. The van der Waals surface area contributed by atoms with Gasteiger partial charge in [-0.05, 0) is 70.4 Å². The maximum absolute atomic E-state index is 14.2. The number of ether oxygens (including phenoxy) is 1. The number of nitrogens with zero attached hydrogens (tertiary/aromatic N) is 2. The number of carbonyl (C=O) groups is 2. The molecule has 3 aromatic rings. The van der Waals surface area contributed by atoms with Crippen LogP contribution in [0.15, 0.2) is 77.7 Å². The highest BCUT2D eigenvalue weighted by atomic mass is 32.2. The summed E-state index contributed by atoms with van der Waals surface area (Å²) in [4.78, 5) is 29.3. The molecule has 0 bridgehead atoms. The van der Waals surface area contributed by atoms with Crippen LogP contribution in [0.25, 0.3) is 0 Å². The summed E-state index contributed by atoms with van der Waals surface area (Å²) in [6.45, 7) is 7.35. The van der Waals surface area contributed by atoms with E-state index in [9.17, 15) is 18.0 Å². The molecule has 0 spiro atoms. The first-order valence-electron chi connectivity index (χ1n) is 15.1. The predicted octanol–water partition coefficient (Wildman–Crippen LogP) is 5.76. The van der Waals surface area contributed by atoms with E-state index in [-0.39, 0.29) is 29.1 Å². The Hall–Kier alpha value is -3.85. The number of sulfonamides is 1.